The lowest BCUT2D eigenvalue weighted by Gasteiger charge is -2.36. The van der Waals surface area contributed by atoms with E-state index < -0.39 is 53.0 Å². The minimum absolute atomic E-state index is 0.0449. The van der Waals surface area contributed by atoms with Crippen molar-refractivity contribution in [3.8, 4) is 6.07 Å². The number of likely N-dealkylation sites (N-methyl/N-ethyl adjacent to an activating group) is 1. The molecule has 4 rings (SSSR count). The van der Waals surface area contributed by atoms with Gasteiger partial charge in [-0.25, -0.2) is 4.39 Å². The number of carbonyl (C=O) groups excluding carboxylic acids is 4. The summed E-state index contributed by atoms with van der Waals surface area (Å²) in [5.41, 5.74) is -0.547. The number of halogens is 3. The van der Waals surface area contributed by atoms with E-state index in [1.807, 2.05) is 7.05 Å². The zero-order chi connectivity index (χ0) is 35.9. The van der Waals surface area contributed by atoms with Crippen molar-refractivity contribution in [1.29, 1.82) is 5.26 Å². The van der Waals surface area contributed by atoms with Crippen LogP contribution < -0.4 is 16.0 Å². The molecular weight excluding hydrogens is 637 g/mol. The van der Waals surface area contributed by atoms with E-state index in [2.05, 4.69) is 27.8 Å². The van der Waals surface area contributed by atoms with E-state index in [4.69, 9.17) is 5.26 Å². The molecule has 13 heteroatoms. The summed E-state index contributed by atoms with van der Waals surface area (Å²) < 4.78 is 46.3. The lowest BCUT2D eigenvalue weighted by molar-refractivity contribution is -0.149. The summed E-state index contributed by atoms with van der Waals surface area (Å²) in [6, 6.07) is 8.03. The summed E-state index contributed by atoms with van der Waals surface area (Å²) in [6.45, 7) is 7.80. The van der Waals surface area contributed by atoms with E-state index in [1.54, 1.807) is 24.8 Å². The van der Waals surface area contributed by atoms with Crippen LogP contribution >= 0.6 is 0 Å². The monoisotopic (exact) mass is 682 g/mol. The van der Waals surface area contributed by atoms with E-state index in [0.29, 0.717) is 50.5 Å². The molecule has 2 aromatic carbocycles. The largest absolute Gasteiger partial charge is 0.349 e. The first-order valence-corrected chi connectivity index (χ1v) is 16.8. The number of piperazine rings is 1. The summed E-state index contributed by atoms with van der Waals surface area (Å²) in [7, 11) is 1.96. The molecule has 0 radical (unpaired) electrons. The molecule has 2 aliphatic rings. The van der Waals surface area contributed by atoms with Gasteiger partial charge in [0, 0.05) is 44.1 Å². The van der Waals surface area contributed by atoms with E-state index in [9.17, 15) is 19.2 Å². The molecule has 10 nitrogen and oxygen atoms in total. The van der Waals surface area contributed by atoms with Crippen LogP contribution in [0.2, 0.25) is 0 Å². The number of alkyl halides is 2. The standard InChI is InChI=1S/C36H45F3N6O4/c1-5-30(46)42-31(34(48)45-17-15-44(4)16-18-45)23(3)26-13-14-29(28(37)20-26)41-33(47)32(25-11-9-22(2)10-12-25)43-35(49)36(38,39)27-8-6-7-24(19-27)21-40/h6-8,13-14,19-20,22-23,25,31-32H,5,9-12,15-18H2,1-4H3,(H,41,47)(H,42,46)(H,43,49)/t22?,23-,25?,31+,32-/m0/s1. The molecule has 3 N–H and O–H groups in total. The van der Waals surface area contributed by atoms with Crippen molar-refractivity contribution in [2.75, 3.05) is 38.5 Å². The van der Waals surface area contributed by atoms with Crippen molar-refractivity contribution >= 4 is 29.3 Å². The SMILES string of the molecule is CCC(=O)N[C@@H](C(=O)N1CCN(C)CC1)[C@@H](C)c1ccc(NC(=O)[C@@H](NC(=O)C(F)(F)c2cccc(C#N)c2)C2CCC(C)CC2)c(F)c1. The average molecular weight is 683 g/mol. The van der Waals surface area contributed by atoms with E-state index >= 15 is 13.2 Å². The molecule has 0 spiro atoms. The second-order valence-corrected chi connectivity index (χ2v) is 13.3. The third-order valence-corrected chi connectivity index (χ3v) is 9.74. The van der Waals surface area contributed by atoms with E-state index in [1.165, 1.54) is 30.3 Å². The van der Waals surface area contributed by atoms with Crippen molar-refractivity contribution in [2.45, 2.75) is 76.8 Å². The number of anilines is 1. The predicted molar refractivity (Wildman–Crippen MR) is 178 cm³/mol. The maximum absolute atomic E-state index is 15.6. The summed E-state index contributed by atoms with van der Waals surface area (Å²) >= 11 is 0. The molecule has 1 aliphatic heterocycles. The Kier molecular flexibility index (Phi) is 12.4. The van der Waals surface area contributed by atoms with Crippen molar-refractivity contribution < 1.29 is 32.3 Å². The molecule has 1 saturated carbocycles. The van der Waals surface area contributed by atoms with Gasteiger partial charge in [-0.05, 0) is 61.6 Å². The Labute approximate surface area is 285 Å². The predicted octanol–water partition coefficient (Wildman–Crippen LogP) is 4.51. The number of nitrogens with zero attached hydrogens (tertiary/aromatic N) is 3. The Morgan fingerprint density at radius 3 is 2.29 bits per heavy atom. The molecule has 49 heavy (non-hydrogen) atoms. The number of carbonyl (C=O) groups is 4. The van der Waals surface area contributed by atoms with Gasteiger partial charge in [0.05, 0.1) is 17.3 Å². The van der Waals surface area contributed by atoms with Gasteiger partial charge < -0.3 is 25.8 Å². The Bertz CT molecular complexity index is 1560. The number of benzene rings is 2. The van der Waals surface area contributed by atoms with Crippen molar-refractivity contribution in [2.24, 2.45) is 11.8 Å². The van der Waals surface area contributed by atoms with Crippen LogP contribution in [0.3, 0.4) is 0 Å². The average Bonchev–Trinajstić information content (AvgIpc) is 3.10. The van der Waals surface area contributed by atoms with Crippen LogP contribution in [0, 0.1) is 29.0 Å². The highest BCUT2D eigenvalue weighted by molar-refractivity contribution is 5.98. The maximum Gasteiger partial charge on any atom is 0.349 e. The van der Waals surface area contributed by atoms with Gasteiger partial charge in [0.15, 0.2) is 0 Å². The van der Waals surface area contributed by atoms with Crippen LogP contribution in [-0.2, 0) is 25.1 Å². The van der Waals surface area contributed by atoms with Gasteiger partial charge in [-0.2, -0.15) is 14.0 Å². The van der Waals surface area contributed by atoms with E-state index in [0.717, 1.165) is 25.0 Å². The first kappa shape index (κ1) is 37.4. The lowest BCUT2D eigenvalue weighted by atomic mass is 9.79. The number of nitrogens with one attached hydrogen (secondary N) is 3. The smallest absolute Gasteiger partial charge is 0.344 e. The van der Waals surface area contributed by atoms with Gasteiger partial charge in [-0.3, -0.25) is 19.2 Å². The number of amides is 4. The van der Waals surface area contributed by atoms with Crippen LogP contribution in [0.5, 0.6) is 0 Å². The number of hydrogen-bond donors (Lipinski definition) is 3. The fourth-order valence-corrected chi connectivity index (χ4v) is 6.38. The molecule has 1 heterocycles. The molecule has 2 aromatic rings. The highest BCUT2D eigenvalue weighted by atomic mass is 19.3. The highest BCUT2D eigenvalue weighted by Crippen LogP contribution is 2.34. The molecule has 0 aromatic heterocycles. The molecule has 1 saturated heterocycles. The van der Waals surface area contributed by atoms with Crippen LogP contribution in [0.4, 0.5) is 18.9 Å². The highest BCUT2D eigenvalue weighted by Gasteiger charge is 2.44. The second kappa shape index (κ2) is 16.3. The molecule has 0 unspecified atom stereocenters. The van der Waals surface area contributed by atoms with Crippen LogP contribution in [-0.4, -0.2) is 78.7 Å². The molecule has 3 atom stereocenters. The number of nitriles is 1. The van der Waals surface area contributed by atoms with Gasteiger partial charge in [-0.1, -0.05) is 51.8 Å². The lowest BCUT2D eigenvalue weighted by Crippen LogP contribution is -2.55. The normalized spacial score (nSPS) is 20.3. The van der Waals surface area contributed by atoms with Crippen molar-refractivity contribution in [1.82, 2.24) is 20.4 Å². The van der Waals surface area contributed by atoms with Crippen molar-refractivity contribution in [3.63, 3.8) is 0 Å². The molecule has 264 valence electrons. The van der Waals surface area contributed by atoms with Gasteiger partial charge in [0.1, 0.15) is 17.9 Å². The van der Waals surface area contributed by atoms with Gasteiger partial charge >= 0.3 is 5.92 Å². The minimum Gasteiger partial charge on any atom is -0.344 e. The molecule has 1 aliphatic carbocycles. The van der Waals surface area contributed by atoms with Crippen LogP contribution in [0.25, 0.3) is 0 Å². The fraction of sp³-hybridized carbons (Fsp3) is 0.528. The van der Waals surface area contributed by atoms with Gasteiger partial charge in [-0.15, -0.1) is 0 Å². The minimum atomic E-state index is -4.04. The van der Waals surface area contributed by atoms with Gasteiger partial charge in [0.25, 0.3) is 5.91 Å². The van der Waals surface area contributed by atoms with Crippen molar-refractivity contribution in [3.05, 3.63) is 65.0 Å². The zero-order valence-corrected chi connectivity index (χ0v) is 28.4. The topological polar surface area (TPSA) is 135 Å². The third-order valence-electron chi connectivity index (χ3n) is 9.74. The molecule has 4 amide bonds. The van der Waals surface area contributed by atoms with E-state index in [-0.39, 0.29) is 29.5 Å². The third kappa shape index (κ3) is 9.17. The summed E-state index contributed by atoms with van der Waals surface area (Å²) in [6.07, 6.45) is 2.62. The fourth-order valence-electron chi connectivity index (χ4n) is 6.38. The summed E-state index contributed by atoms with van der Waals surface area (Å²) in [5, 5.41) is 16.6. The quantitative estimate of drug-likeness (QED) is 0.320. The first-order chi connectivity index (χ1) is 23.2. The summed E-state index contributed by atoms with van der Waals surface area (Å²) in [4.78, 5) is 56.4. The van der Waals surface area contributed by atoms with Crippen LogP contribution in [0.1, 0.15) is 75.5 Å². The molecule has 0 bridgehead atoms. The Hall–Kier alpha value is -4.44. The number of rotatable bonds is 11. The Morgan fingerprint density at radius 2 is 1.67 bits per heavy atom. The maximum atomic E-state index is 15.6. The number of hydrogen-bond acceptors (Lipinski definition) is 6. The van der Waals surface area contributed by atoms with Crippen LogP contribution in [0.15, 0.2) is 42.5 Å². The zero-order valence-electron chi connectivity index (χ0n) is 28.4. The Balaban J connectivity index is 1.54. The second-order valence-electron chi connectivity index (χ2n) is 13.3. The molecule has 2 fully saturated rings. The first-order valence-electron chi connectivity index (χ1n) is 16.8. The molecular formula is C36H45F3N6O4. The summed E-state index contributed by atoms with van der Waals surface area (Å²) in [5.74, 6) is -8.72. The Morgan fingerprint density at radius 1 is 1.00 bits per heavy atom. The van der Waals surface area contributed by atoms with Gasteiger partial charge in [0.2, 0.25) is 17.7 Å².